The molecule has 4 atom stereocenters. The molecule has 27 heavy (non-hydrogen) atoms. The van der Waals surface area contributed by atoms with Crippen LogP contribution in [0.5, 0.6) is 0 Å². The van der Waals surface area contributed by atoms with Crippen LogP contribution in [-0.2, 0) is 4.79 Å². The Morgan fingerprint density at radius 3 is 2.59 bits per heavy atom. The van der Waals surface area contributed by atoms with E-state index in [1.54, 1.807) is 0 Å². The molecular formula is C24H39NO2. The van der Waals surface area contributed by atoms with Crippen molar-refractivity contribution in [3.8, 4) is 0 Å². The lowest BCUT2D eigenvalue weighted by Gasteiger charge is -2.59. The van der Waals surface area contributed by atoms with Gasteiger partial charge in [0.25, 0.3) is 0 Å². The Morgan fingerprint density at radius 1 is 1.26 bits per heavy atom. The molecule has 0 aromatic carbocycles. The molecule has 2 aliphatic carbocycles. The second kappa shape index (κ2) is 7.73. The fourth-order valence-electron chi connectivity index (χ4n) is 6.38. The van der Waals surface area contributed by atoms with E-state index >= 15 is 0 Å². The van der Waals surface area contributed by atoms with E-state index in [0.29, 0.717) is 11.8 Å². The van der Waals surface area contributed by atoms with Crippen molar-refractivity contribution in [2.75, 3.05) is 13.1 Å². The van der Waals surface area contributed by atoms with Gasteiger partial charge in [0.2, 0.25) is 5.91 Å². The molecule has 0 spiro atoms. The Balaban J connectivity index is 1.69. The van der Waals surface area contributed by atoms with Gasteiger partial charge in [0.15, 0.2) is 0 Å². The van der Waals surface area contributed by atoms with E-state index in [4.69, 9.17) is 0 Å². The molecule has 3 heteroatoms. The second-order valence-corrected chi connectivity index (χ2v) is 10.2. The maximum Gasteiger partial charge on any atom is 0.246 e. The topological polar surface area (TPSA) is 40.5 Å². The predicted molar refractivity (Wildman–Crippen MR) is 111 cm³/mol. The summed E-state index contributed by atoms with van der Waals surface area (Å²) in [6, 6.07) is 0. The van der Waals surface area contributed by atoms with Crippen LogP contribution in [0.25, 0.3) is 0 Å². The van der Waals surface area contributed by atoms with Crippen LogP contribution < -0.4 is 0 Å². The number of rotatable bonds is 4. The zero-order chi connectivity index (χ0) is 19.8. The van der Waals surface area contributed by atoms with Gasteiger partial charge in [-0.05, 0) is 81.0 Å². The van der Waals surface area contributed by atoms with Gasteiger partial charge in [-0.1, -0.05) is 38.5 Å². The molecule has 152 valence electrons. The zero-order valence-corrected chi connectivity index (χ0v) is 17.9. The Labute approximate surface area is 165 Å². The normalized spacial score (nSPS) is 36.6. The fourth-order valence-corrected chi connectivity index (χ4v) is 6.38. The van der Waals surface area contributed by atoms with E-state index in [-0.39, 0.29) is 22.8 Å². The van der Waals surface area contributed by atoms with Crippen LogP contribution in [0.2, 0.25) is 0 Å². The molecular weight excluding hydrogens is 334 g/mol. The van der Waals surface area contributed by atoms with Gasteiger partial charge >= 0.3 is 0 Å². The summed E-state index contributed by atoms with van der Waals surface area (Å²) < 4.78 is 0. The standard InChI is InChI=1S/C24H39NO2/c1-17(16-22(27)25-14-6-7-15-25)8-10-19-18(2)9-11-20-23(3,4)21(26)12-13-24(19,20)5/h16,19-21,26H,2,6-15H2,1,3-5H3/b17-16+/t19-,20-,21-,24+/m1/s1. The van der Waals surface area contributed by atoms with Crippen LogP contribution >= 0.6 is 0 Å². The van der Waals surface area contributed by atoms with Crippen molar-refractivity contribution in [2.24, 2.45) is 22.7 Å². The second-order valence-electron chi connectivity index (χ2n) is 10.2. The molecule has 0 unspecified atom stereocenters. The molecule has 3 fully saturated rings. The van der Waals surface area contributed by atoms with Gasteiger partial charge in [-0.3, -0.25) is 4.79 Å². The van der Waals surface area contributed by atoms with Crippen LogP contribution in [0.3, 0.4) is 0 Å². The van der Waals surface area contributed by atoms with Crippen molar-refractivity contribution in [1.82, 2.24) is 4.90 Å². The number of amides is 1. The summed E-state index contributed by atoms with van der Waals surface area (Å²) in [5.74, 6) is 1.23. The molecule has 1 saturated heterocycles. The van der Waals surface area contributed by atoms with Gasteiger partial charge in [0.1, 0.15) is 0 Å². The van der Waals surface area contributed by atoms with Crippen LogP contribution in [0, 0.1) is 22.7 Å². The first-order chi connectivity index (χ1) is 12.7. The minimum Gasteiger partial charge on any atom is -0.393 e. The van der Waals surface area contributed by atoms with E-state index in [9.17, 15) is 9.90 Å². The first-order valence-corrected chi connectivity index (χ1v) is 11.0. The average Bonchev–Trinajstić information content (AvgIpc) is 3.12. The Bertz CT molecular complexity index is 614. The van der Waals surface area contributed by atoms with E-state index < -0.39 is 0 Å². The number of aliphatic hydroxyl groups excluding tert-OH is 1. The SMILES string of the molecule is C=C1CC[C@@H]2C(C)(C)[C@H](O)CC[C@@]2(C)[C@@H]1CC/C(C)=C/C(=O)N1CCCC1. The maximum absolute atomic E-state index is 12.4. The Morgan fingerprint density at radius 2 is 1.93 bits per heavy atom. The summed E-state index contributed by atoms with van der Waals surface area (Å²) in [4.78, 5) is 14.4. The molecule has 2 saturated carbocycles. The van der Waals surface area contributed by atoms with Gasteiger partial charge in [0, 0.05) is 19.2 Å². The highest BCUT2D eigenvalue weighted by atomic mass is 16.3. The average molecular weight is 374 g/mol. The highest BCUT2D eigenvalue weighted by Gasteiger charge is 2.55. The number of nitrogens with zero attached hydrogens (tertiary/aromatic N) is 1. The maximum atomic E-state index is 12.4. The quantitative estimate of drug-likeness (QED) is 0.550. The van der Waals surface area contributed by atoms with Gasteiger partial charge in [0.05, 0.1) is 6.10 Å². The van der Waals surface area contributed by atoms with E-state index in [1.807, 2.05) is 11.0 Å². The fraction of sp³-hybridized carbons (Fsp3) is 0.792. The number of likely N-dealkylation sites (tertiary alicyclic amines) is 1. The molecule has 3 nitrogen and oxygen atoms in total. The van der Waals surface area contributed by atoms with Crippen LogP contribution in [0.1, 0.15) is 79.1 Å². The molecule has 3 aliphatic rings. The van der Waals surface area contributed by atoms with Crippen LogP contribution in [-0.4, -0.2) is 35.1 Å². The lowest BCUT2D eigenvalue weighted by molar-refractivity contribution is -0.125. The van der Waals surface area contributed by atoms with Gasteiger partial charge in [-0.2, -0.15) is 0 Å². The summed E-state index contributed by atoms with van der Waals surface area (Å²) in [5, 5.41) is 10.6. The van der Waals surface area contributed by atoms with Crippen molar-refractivity contribution in [2.45, 2.75) is 85.2 Å². The van der Waals surface area contributed by atoms with Crippen molar-refractivity contribution < 1.29 is 9.90 Å². The highest BCUT2D eigenvalue weighted by Crippen LogP contribution is 2.61. The molecule has 1 amide bonds. The lowest BCUT2D eigenvalue weighted by atomic mass is 9.46. The van der Waals surface area contributed by atoms with Crippen molar-refractivity contribution >= 4 is 5.91 Å². The minimum absolute atomic E-state index is 0.0252. The summed E-state index contributed by atoms with van der Waals surface area (Å²) >= 11 is 0. The summed E-state index contributed by atoms with van der Waals surface area (Å²) in [6.45, 7) is 15.3. The number of carbonyl (C=O) groups is 1. The van der Waals surface area contributed by atoms with E-state index in [1.165, 1.54) is 11.1 Å². The number of carbonyl (C=O) groups excluding carboxylic acids is 1. The van der Waals surface area contributed by atoms with Crippen molar-refractivity contribution in [3.05, 3.63) is 23.8 Å². The van der Waals surface area contributed by atoms with E-state index in [2.05, 4.69) is 34.3 Å². The van der Waals surface area contributed by atoms with Gasteiger partial charge in [-0.25, -0.2) is 0 Å². The highest BCUT2D eigenvalue weighted by molar-refractivity contribution is 5.88. The number of aliphatic hydroxyl groups is 1. The third kappa shape index (κ3) is 3.90. The molecule has 0 aromatic heterocycles. The third-order valence-electron chi connectivity index (χ3n) is 8.17. The number of allylic oxidation sites excluding steroid dienone is 2. The third-order valence-corrected chi connectivity index (χ3v) is 8.17. The summed E-state index contributed by atoms with van der Waals surface area (Å²) in [5.41, 5.74) is 2.78. The summed E-state index contributed by atoms with van der Waals surface area (Å²) in [6.07, 6.45) is 10.2. The molecule has 0 aromatic rings. The molecule has 1 aliphatic heterocycles. The zero-order valence-electron chi connectivity index (χ0n) is 17.9. The largest absolute Gasteiger partial charge is 0.393 e. The Hall–Kier alpha value is -1.09. The van der Waals surface area contributed by atoms with E-state index in [0.717, 1.165) is 64.5 Å². The first-order valence-electron chi connectivity index (χ1n) is 11.0. The predicted octanol–water partition coefficient (Wildman–Crippen LogP) is 5.10. The smallest absolute Gasteiger partial charge is 0.246 e. The van der Waals surface area contributed by atoms with Gasteiger partial charge < -0.3 is 10.0 Å². The monoisotopic (exact) mass is 373 g/mol. The number of hydrogen-bond acceptors (Lipinski definition) is 2. The Kier molecular flexibility index (Phi) is 5.91. The van der Waals surface area contributed by atoms with Crippen molar-refractivity contribution in [1.29, 1.82) is 0 Å². The molecule has 3 rings (SSSR count). The molecule has 1 heterocycles. The minimum atomic E-state index is -0.192. The van der Waals surface area contributed by atoms with Gasteiger partial charge in [-0.15, -0.1) is 0 Å². The van der Waals surface area contributed by atoms with Crippen LogP contribution in [0.4, 0.5) is 0 Å². The van der Waals surface area contributed by atoms with Crippen molar-refractivity contribution in [3.63, 3.8) is 0 Å². The molecule has 0 bridgehead atoms. The number of fused-ring (bicyclic) bond motifs is 1. The number of hydrogen-bond donors (Lipinski definition) is 1. The molecule has 0 radical (unpaired) electrons. The first kappa shape index (κ1) is 20.6. The summed E-state index contributed by atoms with van der Waals surface area (Å²) in [7, 11) is 0. The van der Waals surface area contributed by atoms with Crippen LogP contribution in [0.15, 0.2) is 23.8 Å². The lowest BCUT2D eigenvalue weighted by Crippen LogP contribution is -2.54. The molecule has 1 N–H and O–H groups in total.